The summed E-state index contributed by atoms with van der Waals surface area (Å²) in [7, 11) is 1.92. The number of carbonyl (C=O) groups excluding carboxylic acids is 1. The van der Waals surface area contributed by atoms with Gasteiger partial charge in [-0.2, -0.15) is 0 Å². The van der Waals surface area contributed by atoms with Crippen LogP contribution in [0.3, 0.4) is 0 Å². The Balaban J connectivity index is 1.61. The number of carbonyl (C=O) groups is 1. The van der Waals surface area contributed by atoms with Crippen LogP contribution in [-0.2, 0) is 13.6 Å². The lowest BCUT2D eigenvalue weighted by Gasteiger charge is -2.35. The van der Waals surface area contributed by atoms with Gasteiger partial charge in [-0.3, -0.25) is 4.79 Å². The molecule has 0 N–H and O–H groups in total. The van der Waals surface area contributed by atoms with Crippen LogP contribution in [0, 0.1) is 5.92 Å². The second-order valence-corrected chi connectivity index (χ2v) is 6.80. The van der Waals surface area contributed by atoms with Crippen LogP contribution in [0.5, 0.6) is 0 Å². The van der Waals surface area contributed by atoms with E-state index >= 15 is 0 Å². The molecule has 3 heterocycles. The summed E-state index contributed by atoms with van der Waals surface area (Å²) in [4.78, 5) is 15.0. The van der Waals surface area contributed by atoms with Crippen molar-refractivity contribution < 1.29 is 4.79 Å². The maximum atomic E-state index is 13.0. The number of hydrogen-bond donors (Lipinski definition) is 0. The molecule has 6 nitrogen and oxygen atoms in total. The van der Waals surface area contributed by atoms with E-state index in [1.54, 1.807) is 0 Å². The largest absolute Gasteiger partial charge is 0.347 e. The number of aromatic nitrogens is 4. The SMILES string of the molecule is Cn1cccc1C(=O)N1CCCCC1c1nncn1CC1CC1. The van der Waals surface area contributed by atoms with E-state index in [2.05, 4.69) is 14.8 Å². The second-order valence-electron chi connectivity index (χ2n) is 6.80. The summed E-state index contributed by atoms with van der Waals surface area (Å²) >= 11 is 0. The van der Waals surface area contributed by atoms with Crippen molar-refractivity contribution in [3.05, 3.63) is 36.2 Å². The quantitative estimate of drug-likeness (QED) is 0.871. The van der Waals surface area contributed by atoms with Gasteiger partial charge in [-0.05, 0) is 50.2 Å². The smallest absolute Gasteiger partial charge is 0.271 e. The van der Waals surface area contributed by atoms with Gasteiger partial charge >= 0.3 is 0 Å². The molecule has 0 spiro atoms. The molecule has 1 saturated carbocycles. The summed E-state index contributed by atoms with van der Waals surface area (Å²) in [5.41, 5.74) is 0.741. The number of amides is 1. The zero-order chi connectivity index (χ0) is 15.8. The van der Waals surface area contributed by atoms with Crippen LogP contribution in [0.25, 0.3) is 0 Å². The van der Waals surface area contributed by atoms with E-state index in [0.29, 0.717) is 0 Å². The summed E-state index contributed by atoms with van der Waals surface area (Å²) < 4.78 is 4.06. The molecule has 1 atom stereocenters. The Bertz CT molecular complexity index is 699. The molecule has 1 amide bonds. The van der Waals surface area contributed by atoms with E-state index in [0.717, 1.165) is 49.8 Å². The molecular formula is C17H23N5O. The Morgan fingerprint density at radius 3 is 2.91 bits per heavy atom. The Kier molecular flexibility index (Phi) is 3.67. The lowest BCUT2D eigenvalue weighted by molar-refractivity contribution is 0.0584. The molecule has 1 aliphatic heterocycles. The first-order valence-electron chi connectivity index (χ1n) is 8.54. The highest BCUT2D eigenvalue weighted by molar-refractivity contribution is 5.93. The van der Waals surface area contributed by atoms with Crippen LogP contribution in [0.2, 0.25) is 0 Å². The molecule has 0 radical (unpaired) electrons. The standard InChI is InChI=1S/C17H23N5O/c1-20-9-4-6-15(20)17(23)22-10-3-2-5-14(22)16-19-18-12-21(16)11-13-7-8-13/h4,6,9,12-14H,2-3,5,7-8,10-11H2,1H3. The van der Waals surface area contributed by atoms with Crippen LogP contribution in [0.4, 0.5) is 0 Å². The minimum absolute atomic E-state index is 0.0485. The van der Waals surface area contributed by atoms with Crippen molar-refractivity contribution in [2.75, 3.05) is 6.54 Å². The highest BCUT2D eigenvalue weighted by atomic mass is 16.2. The molecular weight excluding hydrogens is 290 g/mol. The zero-order valence-electron chi connectivity index (χ0n) is 13.6. The third kappa shape index (κ3) is 2.78. The van der Waals surface area contributed by atoms with Gasteiger partial charge < -0.3 is 14.0 Å². The molecule has 2 fully saturated rings. The van der Waals surface area contributed by atoms with Crippen molar-refractivity contribution in [2.45, 2.75) is 44.7 Å². The first-order valence-corrected chi connectivity index (χ1v) is 8.54. The van der Waals surface area contributed by atoms with Crippen molar-refractivity contribution in [1.29, 1.82) is 0 Å². The van der Waals surface area contributed by atoms with Gasteiger partial charge in [0.05, 0.1) is 6.04 Å². The van der Waals surface area contributed by atoms with E-state index < -0.39 is 0 Å². The topological polar surface area (TPSA) is 56.0 Å². The fraction of sp³-hybridized carbons (Fsp3) is 0.588. The first-order chi connectivity index (χ1) is 11.2. The monoisotopic (exact) mass is 313 g/mol. The van der Waals surface area contributed by atoms with Gasteiger partial charge in [-0.1, -0.05) is 0 Å². The first kappa shape index (κ1) is 14.5. The van der Waals surface area contributed by atoms with Crippen LogP contribution in [-0.4, -0.2) is 36.7 Å². The average molecular weight is 313 g/mol. The van der Waals surface area contributed by atoms with Gasteiger partial charge in [-0.15, -0.1) is 10.2 Å². The summed E-state index contributed by atoms with van der Waals surface area (Å²) in [5.74, 6) is 1.83. The van der Waals surface area contributed by atoms with Crippen molar-refractivity contribution in [1.82, 2.24) is 24.2 Å². The number of rotatable bonds is 4. The number of aryl methyl sites for hydroxylation is 1. The van der Waals surface area contributed by atoms with Crippen LogP contribution in [0.15, 0.2) is 24.7 Å². The maximum Gasteiger partial charge on any atom is 0.271 e. The lowest BCUT2D eigenvalue weighted by atomic mass is 10.0. The van der Waals surface area contributed by atoms with Gasteiger partial charge in [0.1, 0.15) is 12.0 Å². The minimum Gasteiger partial charge on any atom is -0.347 e. The number of piperidine rings is 1. The molecule has 23 heavy (non-hydrogen) atoms. The molecule has 2 aromatic rings. The van der Waals surface area contributed by atoms with Gasteiger partial charge in [0, 0.05) is 26.3 Å². The van der Waals surface area contributed by atoms with E-state index in [1.807, 2.05) is 41.2 Å². The third-order valence-electron chi connectivity index (χ3n) is 5.02. The van der Waals surface area contributed by atoms with E-state index in [1.165, 1.54) is 12.8 Å². The molecule has 6 heteroatoms. The second kappa shape index (κ2) is 5.83. The average Bonchev–Trinajstić information content (AvgIpc) is 3.08. The fourth-order valence-corrected chi connectivity index (χ4v) is 3.51. The number of nitrogens with zero attached hydrogens (tertiary/aromatic N) is 5. The molecule has 122 valence electrons. The Morgan fingerprint density at radius 1 is 1.30 bits per heavy atom. The summed E-state index contributed by atoms with van der Waals surface area (Å²) in [5, 5.41) is 8.49. The maximum absolute atomic E-state index is 13.0. The van der Waals surface area contributed by atoms with Crippen LogP contribution < -0.4 is 0 Å². The van der Waals surface area contributed by atoms with Crippen molar-refractivity contribution in [2.24, 2.45) is 13.0 Å². The van der Waals surface area contributed by atoms with Crippen LogP contribution in [0.1, 0.15) is 54.5 Å². The molecule has 2 aliphatic rings. The number of likely N-dealkylation sites (tertiary alicyclic amines) is 1. The Labute approximate surface area is 136 Å². The minimum atomic E-state index is 0.0485. The Morgan fingerprint density at radius 2 is 2.17 bits per heavy atom. The normalized spacial score (nSPS) is 21.6. The van der Waals surface area contributed by atoms with Gasteiger partial charge in [-0.25, -0.2) is 0 Å². The molecule has 1 aliphatic carbocycles. The molecule has 4 rings (SSSR count). The van der Waals surface area contributed by atoms with Gasteiger partial charge in [0.15, 0.2) is 5.82 Å². The molecule has 0 bridgehead atoms. The zero-order valence-corrected chi connectivity index (χ0v) is 13.6. The summed E-state index contributed by atoms with van der Waals surface area (Å²) in [6.45, 7) is 1.79. The van der Waals surface area contributed by atoms with E-state index in [4.69, 9.17) is 0 Å². The molecule has 1 saturated heterocycles. The van der Waals surface area contributed by atoms with Gasteiger partial charge in [0.25, 0.3) is 5.91 Å². The predicted octanol–water partition coefficient (Wildman–Crippen LogP) is 2.39. The third-order valence-corrected chi connectivity index (χ3v) is 5.02. The molecule has 0 aromatic carbocycles. The molecule has 1 unspecified atom stereocenters. The van der Waals surface area contributed by atoms with Crippen molar-refractivity contribution in [3.8, 4) is 0 Å². The highest BCUT2D eigenvalue weighted by Crippen LogP contribution is 2.34. The van der Waals surface area contributed by atoms with Crippen molar-refractivity contribution in [3.63, 3.8) is 0 Å². The van der Waals surface area contributed by atoms with Gasteiger partial charge in [0.2, 0.25) is 0 Å². The lowest BCUT2D eigenvalue weighted by Crippen LogP contribution is -2.40. The van der Waals surface area contributed by atoms with E-state index in [-0.39, 0.29) is 11.9 Å². The number of hydrogen-bond acceptors (Lipinski definition) is 3. The fourth-order valence-electron chi connectivity index (χ4n) is 3.51. The predicted molar refractivity (Wildman–Crippen MR) is 85.8 cm³/mol. The van der Waals surface area contributed by atoms with Crippen LogP contribution >= 0.6 is 0 Å². The molecule has 2 aromatic heterocycles. The van der Waals surface area contributed by atoms with Crippen molar-refractivity contribution >= 4 is 5.91 Å². The van der Waals surface area contributed by atoms with E-state index in [9.17, 15) is 4.79 Å². The highest BCUT2D eigenvalue weighted by Gasteiger charge is 2.33. The summed E-state index contributed by atoms with van der Waals surface area (Å²) in [6.07, 6.45) is 9.51. The Hall–Kier alpha value is -2.11. The summed E-state index contributed by atoms with van der Waals surface area (Å²) in [6, 6.07) is 3.86.